The van der Waals surface area contributed by atoms with Crippen molar-refractivity contribution in [3.63, 3.8) is 0 Å². The lowest BCUT2D eigenvalue weighted by Crippen LogP contribution is -1.98. The van der Waals surface area contributed by atoms with Crippen LogP contribution in [-0.2, 0) is 6.54 Å². The van der Waals surface area contributed by atoms with E-state index in [1.807, 2.05) is 42.5 Å². The molecule has 0 aliphatic heterocycles. The first-order valence-electron chi connectivity index (χ1n) is 7.04. The highest BCUT2D eigenvalue weighted by atomic mass is 35.5. The van der Waals surface area contributed by atoms with Crippen molar-refractivity contribution in [2.24, 2.45) is 0 Å². The summed E-state index contributed by atoms with van der Waals surface area (Å²) in [5.74, 6) is 0. The number of fused-ring (bicyclic) bond motifs is 3. The van der Waals surface area contributed by atoms with Gasteiger partial charge in [-0.25, -0.2) is 0 Å². The second-order valence-electron chi connectivity index (χ2n) is 5.16. The molecule has 3 nitrogen and oxygen atoms in total. The normalized spacial score (nSPS) is 11.1. The van der Waals surface area contributed by atoms with Crippen molar-refractivity contribution in [3.8, 4) is 0 Å². The number of furan rings is 1. The van der Waals surface area contributed by atoms with E-state index in [9.17, 15) is 0 Å². The Hall–Kier alpha value is -2.52. The zero-order valence-electron chi connectivity index (χ0n) is 11.7. The van der Waals surface area contributed by atoms with E-state index < -0.39 is 0 Å². The number of nitrogens with one attached hydrogen (secondary N) is 1. The van der Waals surface area contributed by atoms with Crippen LogP contribution < -0.4 is 5.32 Å². The fourth-order valence-electron chi connectivity index (χ4n) is 2.56. The fourth-order valence-corrected chi connectivity index (χ4v) is 2.74. The highest BCUT2D eigenvalue weighted by Gasteiger charge is 2.08. The first kappa shape index (κ1) is 13.2. The fraction of sp³-hybridized carbons (Fsp3) is 0.0556. The maximum Gasteiger partial charge on any atom is 0.135 e. The van der Waals surface area contributed by atoms with E-state index in [0.717, 1.165) is 34.2 Å². The van der Waals surface area contributed by atoms with Crippen molar-refractivity contribution in [1.29, 1.82) is 0 Å². The smallest absolute Gasteiger partial charge is 0.135 e. The minimum Gasteiger partial charge on any atom is -0.456 e. The Morgan fingerprint density at radius 2 is 1.64 bits per heavy atom. The molecular weight excluding hydrogens is 296 g/mol. The summed E-state index contributed by atoms with van der Waals surface area (Å²) in [7, 11) is 0. The van der Waals surface area contributed by atoms with Crippen molar-refractivity contribution in [3.05, 3.63) is 71.5 Å². The first-order valence-corrected chi connectivity index (χ1v) is 7.42. The van der Waals surface area contributed by atoms with Gasteiger partial charge >= 0.3 is 0 Å². The molecule has 0 unspecified atom stereocenters. The number of nitrogens with zero attached hydrogens (tertiary/aromatic N) is 1. The van der Waals surface area contributed by atoms with Gasteiger partial charge < -0.3 is 9.73 Å². The van der Waals surface area contributed by atoms with Gasteiger partial charge in [-0.2, -0.15) is 0 Å². The molecule has 0 spiro atoms. The number of benzene rings is 2. The van der Waals surface area contributed by atoms with Gasteiger partial charge in [0.1, 0.15) is 11.2 Å². The van der Waals surface area contributed by atoms with Crippen LogP contribution in [0.4, 0.5) is 5.69 Å². The number of pyridine rings is 1. The van der Waals surface area contributed by atoms with E-state index >= 15 is 0 Å². The maximum absolute atomic E-state index is 6.09. The lowest BCUT2D eigenvalue weighted by Gasteiger charge is -2.06. The maximum atomic E-state index is 6.09. The van der Waals surface area contributed by atoms with Crippen LogP contribution in [-0.4, -0.2) is 4.98 Å². The van der Waals surface area contributed by atoms with E-state index in [1.165, 1.54) is 5.56 Å². The van der Waals surface area contributed by atoms with E-state index in [2.05, 4.69) is 16.4 Å². The number of hydrogen-bond acceptors (Lipinski definition) is 3. The van der Waals surface area contributed by atoms with Gasteiger partial charge in [-0.3, -0.25) is 4.98 Å². The van der Waals surface area contributed by atoms with Crippen LogP contribution in [0.15, 0.2) is 65.3 Å². The second kappa shape index (κ2) is 5.35. The molecule has 22 heavy (non-hydrogen) atoms. The molecule has 4 heteroatoms. The SMILES string of the molecule is Clc1ccc2oc3ccc(NCc4ccncc4)cc3c2c1. The minimum absolute atomic E-state index is 0.713. The molecule has 4 rings (SSSR count). The monoisotopic (exact) mass is 308 g/mol. The molecule has 2 heterocycles. The van der Waals surface area contributed by atoms with Gasteiger partial charge in [0, 0.05) is 40.4 Å². The number of rotatable bonds is 3. The largest absolute Gasteiger partial charge is 0.456 e. The van der Waals surface area contributed by atoms with Crippen LogP contribution in [0.5, 0.6) is 0 Å². The van der Waals surface area contributed by atoms with Crippen molar-refractivity contribution in [2.45, 2.75) is 6.54 Å². The van der Waals surface area contributed by atoms with Gasteiger partial charge in [-0.1, -0.05) is 11.6 Å². The second-order valence-corrected chi connectivity index (χ2v) is 5.60. The lowest BCUT2D eigenvalue weighted by atomic mass is 10.1. The predicted molar refractivity (Wildman–Crippen MR) is 90.3 cm³/mol. The third-order valence-corrected chi connectivity index (χ3v) is 3.91. The minimum atomic E-state index is 0.713. The molecule has 0 saturated carbocycles. The molecule has 0 saturated heterocycles. The summed E-state index contributed by atoms with van der Waals surface area (Å²) in [5.41, 5.74) is 3.96. The van der Waals surface area contributed by atoms with Gasteiger partial charge in [-0.05, 0) is 54.1 Å². The van der Waals surface area contributed by atoms with Crippen molar-refractivity contribution >= 4 is 39.2 Å². The van der Waals surface area contributed by atoms with Crippen molar-refractivity contribution in [2.75, 3.05) is 5.32 Å². The first-order chi connectivity index (χ1) is 10.8. The molecule has 108 valence electrons. The molecule has 4 aromatic rings. The third-order valence-electron chi connectivity index (χ3n) is 3.68. The molecule has 2 aromatic carbocycles. The number of aromatic nitrogens is 1. The molecule has 0 fully saturated rings. The Kier molecular flexibility index (Phi) is 3.20. The van der Waals surface area contributed by atoms with Gasteiger partial charge in [0.15, 0.2) is 0 Å². The van der Waals surface area contributed by atoms with Crippen LogP contribution in [0.1, 0.15) is 5.56 Å². The summed E-state index contributed by atoms with van der Waals surface area (Å²) in [6.07, 6.45) is 3.59. The molecule has 1 N–H and O–H groups in total. The summed E-state index contributed by atoms with van der Waals surface area (Å²) < 4.78 is 5.83. The zero-order chi connectivity index (χ0) is 14.9. The number of anilines is 1. The Labute approximate surface area is 132 Å². The van der Waals surface area contributed by atoms with Crippen LogP contribution >= 0.6 is 11.6 Å². The molecule has 0 bridgehead atoms. The summed E-state index contributed by atoms with van der Waals surface area (Å²) in [4.78, 5) is 4.02. The molecule has 0 aliphatic carbocycles. The van der Waals surface area contributed by atoms with E-state index in [4.69, 9.17) is 16.0 Å². The zero-order valence-corrected chi connectivity index (χ0v) is 12.5. The third kappa shape index (κ3) is 2.40. The standard InChI is InChI=1S/C18H13ClN2O/c19-13-1-3-17-15(9-13)16-10-14(2-4-18(16)22-17)21-11-12-5-7-20-8-6-12/h1-10,21H,11H2. The predicted octanol–water partition coefficient (Wildman–Crippen LogP) is 5.25. The van der Waals surface area contributed by atoms with Gasteiger partial charge in [0.25, 0.3) is 0 Å². The molecule has 0 aliphatic rings. The summed E-state index contributed by atoms with van der Waals surface area (Å²) in [6.45, 7) is 0.755. The Bertz CT molecular complexity index is 947. The van der Waals surface area contributed by atoms with Crippen molar-refractivity contribution in [1.82, 2.24) is 4.98 Å². The van der Waals surface area contributed by atoms with Crippen LogP contribution in [0.25, 0.3) is 21.9 Å². The van der Waals surface area contributed by atoms with Crippen molar-refractivity contribution < 1.29 is 4.42 Å². The van der Waals surface area contributed by atoms with E-state index in [0.29, 0.717) is 5.02 Å². The van der Waals surface area contributed by atoms with Crippen LogP contribution in [0.3, 0.4) is 0 Å². The number of hydrogen-bond donors (Lipinski definition) is 1. The van der Waals surface area contributed by atoms with Gasteiger partial charge in [0.05, 0.1) is 0 Å². The molecule has 0 amide bonds. The Morgan fingerprint density at radius 1 is 0.909 bits per heavy atom. The van der Waals surface area contributed by atoms with Gasteiger partial charge in [0.2, 0.25) is 0 Å². The lowest BCUT2D eigenvalue weighted by molar-refractivity contribution is 0.669. The Balaban J connectivity index is 1.70. The molecule has 0 radical (unpaired) electrons. The topological polar surface area (TPSA) is 38.1 Å². The summed E-state index contributed by atoms with van der Waals surface area (Å²) in [5, 5.41) is 6.24. The number of halogens is 1. The average Bonchev–Trinajstić information content (AvgIpc) is 2.91. The highest BCUT2D eigenvalue weighted by molar-refractivity contribution is 6.31. The summed E-state index contributed by atoms with van der Waals surface area (Å²) in [6, 6.07) is 15.8. The van der Waals surface area contributed by atoms with E-state index in [-0.39, 0.29) is 0 Å². The molecule has 2 aromatic heterocycles. The quantitative estimate of drug-likeness (QED) is 0.562. The Morgan fingerprint density at radius 3 is 2.45 bits per heavy atom. The van der Waals surface area contributed by atoms with Gasteiger partial charge in [-0.15, -0.1) is 0 Å². The summed E-state index contributed by atoms with van der Waals surface area (Å²) >= 11 is 6.09. The van der Waals surface area contributed by atoms with E-state index in [1.54, 1.807) is 12.4 Å². The molecule has 0 atom stereocenters. The average molecular weight is 309 g/mol. The van der Waals surface area contributed by atoms with Crippen LogP contribution in [0, 0.1) is 0 Å². The highest BCUT2D eigenvalue weighted by Crippen LogP contribution is 2.32. The molecular formula is C18H13ClN2O. The van der Waals surface area contributed by atoms with Crippen LogP contribution in [0.2, 0.25) is 5.02 Å².